The number of piperidine rings is 1. The van der Waals surface area contributed by atoms with E-state index in [0.29, 0.717) is 24.3 Å². The Bertz CT molecular complexity index is 704. The summed E-state index contributed by atoms with van der Waals surface area (Å²) in [6.45, 7) is 9.88. The van der Waals surface area contributed by atoms with E-state index in [1.807, 2.05) is 25.4 Å². The van der Waals surface area contributed by atoms with Gasteiger partial charge in [-0.1, -0.05) is 0 Å². The summed E-state index contributed by atoms with van der Waals surface area (Å²) in [6.07, 6.45) is 7.79. The lowest BCUT2D eigenvalue weighted by molar-refractivity contribution is 0.0901. The van der Waals surface area contributed by atoms with E-state index < -0.39 is 0 Å². The minimum absolute atomic E-state index is 0.116. The summed E-state index contributed by atoms with van der Waals surface area (Å²) in [6, 6.07) is 2.24. The Morgan fingerprint density at radius 1 is 1.48 bits per heavy atom. The molecule has 136 valence electrons. The number of imidazole rings is 1. The van der Waals surface area contributed by atoms with E-state index in [1.54, 1.807) is 6.26 Å². The summed E-state index contributed by atoms with van der Waals surface area (Å²) in [5, 5.41) is 3.02. The Morgan fingerprint density at radius 2 is 2.32 bits per heavy atom. The number of likely N-dealkylation sites (tertiary alicyclic amines) is 1. The van der Waals surface area contributed by atoms with E-state index in [0.717, 1.165) is 43.9 Å². The van der Waals surface area contributed by atoms with Gasteiger partial charge >= 0.3 is 0 Å². The van der Waals surface area contributed by atoms with Gasteiger partial charge in [0, 0.05) is 37.1 Å². The minimum atomic E-state index is -0.116. The van der Waals surface area contributed by atoms with Gasteiger partial charge in [-0.3, -0.25) is 9.69 Å². The van der Waals surface area contributed by atoms with Crippen LogP contribution in [0.2, 0.25) is 0 Å². The molecule has 0 bridgehead atoms. The molecule has 3 rings (SSSR count). The third-order valence-corrected chi connectivity index (χ3v) is 4.89. The molecule has 1 saturated heterocycles. The van der Waals surface area contributed by atoms with E-state index >= 15 is 0 Å². The fraction of sp³-hybridized carbons (Fsp3) is 0.579. The van der Waals surface area contributed by atoms with Crippen LogP contribution in [-0.4, -0.2) is 40.0 Å². The van der Waals surface area contributed by atoms with E-state index in [9.17, 15) is 4.79 Å². The van der Waals surface area contributed by atoms with Gasteiger partial charge in [-0.05, 0) is 52.1 Å². The Kier molecular flexibility index (Phi) is 5.58. The SMILES string of the molecule is Cc1ccoc1C(=O)NC[C@@H]1CCCN(Cc2nccn2C(C)C)C1. The van der Waals surface area contributed by atoms with E-state index in [4.69, 9.17) is 4.42 Å². The molecule has 0 radical (unpaired) electrons. The molecule has 1 atom stereocenters. The summed E-state index contributed by atoms with van der Waals surface area (Å²) in [5.74, 6) is 1.89. The van der Waals surface area contributed by atoms with Gasteiger partial charge in [0.1, 0.15) is 5.82 Å². The van der Waals surface area contributed by atoms with Crippen LogP contribution in [-0.2, 0) is 6.54 Å². The molecule has 0 aromatic carbocycles. The van der Waals surface area contributed by atoms with Crippen molar-refractivity contribution in [3.63, 3.8) is 0 Å². The smallest absolute Gasteiger partial charge is 0.287 e. The van der Waals surface area contributed by atoms with E-state index in [2.05, 4.69) is 33.6 Å². The molecule has 0 saturated carbocycles. The zero-order valence-corrected chi connectivity index (χ0v) is 15.4. The molecule has 25 heavy (non-hydrogen) atoms. The largest absolute Gasteiger partial charge is 0.459 e. The summed E-state index contributed by atoms with van der Waals surface area (Å²) in [7, 11) is 0. The lowest BCUT2D eigenvalue weighted by Gasteiger charge is -2.32. The number of rotatable bonds is 6. The Balaban J connectivity index is 1.52. The molecule has 1 aliphatic heterocycles. The van der Waals surface area contributed by atoms with Crippen LogP contribution in [0.25, 0.3) is 0 Å². The summed E-state index contributed by atoms with van der Waals surface area (Å²) < 4.78 is 7.49. The lowest BCUT2D eigenvalue weighted by Crippen LogP contribution is -2.41. The monoisotopic (exact) mass is 344 g/mol. The zero-order chi connectivity index (χ0) is 17.8. The number of nitrogens with zero attached hydrogens (tertiary/aromatic N) is 3. The van der Waals surface area contributed by atoms with Crippen molar-refractivity contribution in [2.45, 2.75) is 46.2 Å². The van der Waals surface area contributed by atoms with Crippen LogP contribution in [0.5, 0.6) is 0 Å². The summed E-state index contributed by atoms with van der Waals surface area (Å²) in [4.78, 5) is 19.2. The second kappa shape index (κ2) is 7.87. The van der Waals surface area contributed by atoms with Crippen LogP contribution in [0.4, 0.5) is 0 Å². The molecule has 1 amide bonds. The van der Waals surface area contributed by atoms with Gasteiger partial charge < -0.3 is 14.3 Å². The lowest BCUT2D eigenvalue weighted by atomic mass is 9.98. The van der Waals surface area contributed by atoms with Crippen LogP contribution >= 0.6 is 0 Å². The molecule has 1 aliphatic rings. The summed E-state index contributed by atoms with van der Waals surface area (Å²) >= 11 is 0. The topological polar surface area (TPSA) is 63.3 Å². The van der Waals surface area contributed by atoms with Crippen molar-refractivity contribution < 1.29 is 9.21 Å². The second-order valence-electron chi connectivity index (χ2n) is 7.23. The molecule has 6 nitrogen and oxygen atoms in total. The van der Waals surface area contributed by atoms with Gasteiger partial charge in [-0.15, -0.1) is 0 Å². The van der Waals surface area contributed by atoms with Gasteiger partial charge in [0.25, 0.3) is 5.91 Å². The van der Waals surface area contributed by atoms with Gasteiger partial charge in [-0.25, -0.2) is 4.98 Å². The predicted octanol–water partition coefficient (Wildman–Crippen LogP) is 3.01. The van der Waals surface area contributed by atoms with Crippen LogP contribution in [0.15, 0.2) is 29.1 Å². The summed E-state index contributed by atoms with van der Waals surface area (Å²) in [5.41, 5.74) is 0.878. The van der Waals surface area contributed by atoms with Gasteiger partial charge in [-0.2, -0.15) is 0 Å². The highest BCUT2D eigenvalue weighted by Gasteiger charge is 2.23. The molecule has 1 fully saturated rings. The van der Waals surface area contributed by atoms with Crippen LogP contribution in [0.3, 0.4) is 0 Å². The fourth-order valence-electron chi connectivity index (χ4n) is 3.52. The number of amides is 1. The highest BCUT2D eigenvalue weighted by Crippen LogP contribution is 2.19. The van der Waals surface area contributed by atoms with Crippen LogP contribution in [0.1, 0.15) is 54.7 Å². The maximum absolute atomic E-state index is 12.2. The minimum Gasteiger partial charge on any atom is -0.459 e. The first-order valence-corrected chi connectivity index (χ1v) is 9.11. The van der Waals surface area contributed by atoms with Gasteiger partial charge in [0.05, 0.1) is 12.8 Å². The van der Waals surface area contributed by atoms with Gasteiger partial charge in [0.2, 0.25) is 0 Å². The molecule has 1 N–H and O–H groups in total. The maximum Gasteiger partial charge on any atom is 0.287 e. The van der Waals surface area contributed by atoms with E-state index in [-0.39, 0.29) is 5.91 Å². The third kappa shape index (κ3) is 4.31. The highest BCUT2D eigenvalue weighted by atomic mass is 16.3. The Hall–Kier alpha value is -2.08. The number of aromatic nitrogens is 2. The molecule has 3 heterocycles. The van der Waals surface area contributed by atoms with Crippen molar-refractivity contribution in [1.29, 1.82) is 0 Å². The fourth-order valence-corrected chi connectivity index (χ4v) is 3.52. The van der Waals surface area contributed by atoms with E-state index in [1.165, 1.54) is 0 Å². The van der Waals surface area contributed by atoms with Gasteiger partial charge in [0.15, 0.2) is 5.76 Å². The Labute approximate surface area is 149 Å². The number of hydrogen-bond donors (Lipinski definition) is 1. The molecule has 6 heteroatoms. The van der Waals surface area contributed by atoms with Crippen LogP contribution < -0.4 is 5.32 Å². The molecule has 0 unspecified atom stereocenters. The number of aryl methyl sites for hydroxylation is 1. The number of nitrogens with one attached hydrogen (secondary N) is 1. The number of hydrogen-bond acceptors (Lipinski definition) is 4. The number of carbonyl (C=O) groups is 1. The van der Waals surface area contributed by atoms with Crippen LogP contribution in [0, 0.1) is 12.8 Å². The van der Waals surface area contributed by atoms with Crippen molar-refractivity contribution in [2.24, 2.45) is 5.92 Å². The number of furan rings is 1. The first kappa shape index (κ1) is 17.7. The third-order valence-electron chi connectivity index (χ3n) is 4.89. The normalized spacial score (nSPS) is 18.6. The molecule has 0 aliphatic carbocycles. The molecular weight excluding hydrogens is 316 g/mol. The molecule has 2 aromatic rings. The second-order valence-corrected chi connectivity index (χ2v) is 7.23. The average molecular weight is 344 g/mol. The highest BCUT2D eigenvalue weighted by molar-refractivity contribution is 5.92. The molecular formula is C19H28N4O2. The first-order chi connectivity index (χ1) is 12.0. The van der Waals surface area contributed by atoms with Crippen molar-refractivity contribution in [3.8, 4) is 0 Å². The van der Waals surface area contributed by atoms with Crippen molar-refractivity contribution >= 4 is 5.91 Å². The zero-order valence-electron chi connectivity index (χ0n) is 15.4. The first-order valence-electron chi connectivity index (χ1n) is 9.11. The standard InChI is InChI=1S/C19H28N4O2/c1-14(2)23-9-7-20-17(23)13-22-8-4-5-16(12-22)11-21-19(24)18-15(3)6-10-25-18/h6-7,9-10,14,16H,4-5,8,11-13H2,1-3H3,(H,21,24)/t16-/m0/s1. The van der Waals surface area contributed by atoms with Crippen molar-refractivity contribution in [1.82, 2.24) is 19.8 Å². The molecule has 2 aromatic heterocycles. The predicted molar refractivity (Wildman–Crippen MR) is 96.4 cm³/mol. The van der Waals surface area contributed by atoms with Crippen molar-refractivity contribution in [3.05, 3.63) is 41.9 Å². The molecule has 0 spiro atoms. The Morgan fingerprint density at radius 3 is 3.04 bits per heavy atom. The van der Waals surface area contributed by atoms with Crippen molar-refractivity contribution in [2.75, 3.05) is 19.6 Å². The average Bonchev–Trinajstić information content (AvgIpc) is 3.22. The quantitative estimate of drug-likeness (QED) is 0.875. The maximum atomic E-state index is 12.2. The number of carbonyl (C=O) groups excluding carboxylic acids is 1.